The van der Waals surface area contributed by atoms with Crippen molar-refractivity contribution in [1.29, 1.82) is 0 Å². The molecule has 0 aliphatic carbocycles. The SMILES string of the molecule is CC/C=C\C/C=C\C/C=C\C/C=C\CCCCC(=O)NC(COP(=O)(O)OCC[N+](C)(C)C)C(O)CCCCCCCCCCCCCCCCCCCCCCCCCCCCCC. The average molecular weight is 936 g/mol. The standard InChI is InChI=1S/C56H107N2O6P/c1-6-8-10-12-14-16-18-20-22-23-24-25-26-27-28-29-30-31-32-33-34-36-37-39-41-43-45-47-49-55(59)54(53-64-65(61,62)63-52-51-58(3,4)5)57-56(60)50-48-46-44-42-40-38-35-21-19-17-15-13-11-9-7-2/h9,11,15,17,21,35,40,42,54-55,59H,6-8,10,12-14,16,18-20,22-34,36-39,41,43-53H2,1-5H3,(H-,57,60,61,62)/p+1/b11-9-,17-15-,35-21-,42-40-. The number of aliphatic hydroxyl groups excluding tert-OH is 1. The second kappa shape index (κ2) is 47.5. The van der Waals surface area contributed by atoms with Crippen molar-refractivity contribution in [2.75, 3.05) is 40.9 Å². The molecule has 3 atom stereocenters. The van der Waals surface area contributed by atoms with E-state index in [1.807, 2.05) is 21.1 Å². The van der Waals surface area contributed by atoms with Crippen LogP contribution in [-0.2, 0) is 18.4 Å². The van der Waals surface area contributed by atoms with E-state index in [9.17, 15) is 19.4 Å². The highest BCUT2D eigenvalue weighted by atomic mass is 31.2. The summed E-state index contributed by atoms with van der Waals surface area (Å²) in [5.74, 6) is -0.183. The summed E-state index contributed by atoms with van der Waals surface area (Å²) in [5.41, 5.74) is 0. The van der Waals surface area contributed by atoms with Crippen molar-refractivity contribution in [1.82, 2.24) is 5.32 Å². The van der Waals surface area contributed by atoms with Crippen LogP contribution in [-0.4, -0.2) is 73.4 Å². The highest BCUT2D eigenvalue weighted by molar-refractivity contribution is 7.47. The highest BCUT2D eigenvalue weighted by Gasteiger charge is 2.28. The molecule has 1 amide bonds. The number of hydrogen-bond donors (Lipinski definition) is 3. The molecular weight excluding hydrogens is 828 g/mol. The summed E-state index contributed by atoms with van der Waals surface area (Å²) in [4.78, 5) is 23.2. The number of carbonyl (C=O) groups excluding carboxylic acids is 1. The number of aliphatic hydroxyl groups is 1. The van der Waals surface area contributed by atoms with Gasteiger partial charge in [0.2, 0.25) is 5.91 Å². The van der Waals surface area contributed by atoms with Gasteiger partial charge in [0.05, 0.1) is 39.9 Å². The summed E-state index contributed by atoms with van der Waals surface area (Å²) in [6, 6.07) is -0.784. The fraction of sp³-hybridized carbons (Fsp3) is 0.839. The number of allylic oxidation sites excluding steroid dienone is 8. The lowest BCUT2D eigenvalue weighted by molar-refractivity contribution is -0.870. The van der Waals surface area contributed by atoms with E-state index in [1.54, 1.807) is 0 Å². The number of quaternary nitrogens is 1. The molecule has 3 unspecified atom stereocenters. The second-order valence-electron chi connectivity index (χ2n) is 19.9. The van der Waals surface area contributed by atoms with E-state index < -0.39 is 20.0 Å². The maximum absolute atomic E-state index is 12.9. The number of unbranched alkanes of at least 4 members (excludes halogenated alkanes) is 29. The zero-order valence-electron chi connectivity index (χ0n) is 43.5. The van der Waals surface area contributed by atoms with Gasteiger partial charge in [-0.2, -0.15) is 0 Å². The van der Waals surface area contributed by atoms with E-state index in [2.05, 4.69) is 67.8 Å². The monoisotopic (exact) mass is 936 g/mol. The van der Waals surface area contributed by atoms with Crippen LogP contribution in [0.15, 0.2) is 48.6 Å². The van der Waals surface area contributed by atoms with E-state index in [0.29, 0.717) is 23.9 Å². The number of likely N-dealkylation sites (N-methyl/N-ethyl adjacent to an activating group) is 1. The first-order chi connectivity index (χ1) is 31.5. The van der Waals surface area contributed by atoms with Crippen molar-refractivity contribution in [2.24, 2.45) is 0 Å². The Morgan fingerprint density at radius 3 is 1.32 bits per heavy atom. The van der Waals surface area contributed by atoms with E-state index in [0.717, 1.165) is 64.2 Å². The molecule has 0 heterocycles. The largest absolute Gasteiger partial charge is 0.472 e. The summed E-state index contributed by atoms with van der Waals surface area (Å²) in [5, 5.41) is 14.0. The lowest BCUT2D eigenvalue weighted by Crippen LogP contribution is -2.46. The minimum Gasteiger partial charge on any atom is -0.391 e. The first-order valence-corrected chi connectivity index (χ1v) is 29.0. The fourth-order valence-corrected chi connectivity index (χ4v) is 8.77. The minimum absolute atomic E-state index is 0.0652. The summed E-state index contributed by atoms with van der Waals surface area (Å²) in [6.07, 6.45) is 61.8. The van der Waals surface area contributed by atoms with Gasteiger partial charge >= 0.3 is 7.82 Å². The number of phosphoric ester groups is 1. The lowest BCUT2D eigenvalue weighted by atomic mass is 10.0. The van der Waals surface area contributed by atoms with Crippen molar-refractivity contribution < 1.29 is 32.9 Å². The number of nitrogens with zero attached hydrogens (tertiary/aromatic N) is 1. The molecule has 0 saturated carbocycles. The predicted octanol–water partition coefficient (Wildman–Crippen LogP) is 16.4. The Labute approximate surface area is 403 Å². The van der Waals surface area contributed by atoms with E-state index in [1.165, 1.54) is 161 Å². The molecule has 382 valence electrons. The molecule has 0 radical (unpaired) electrons. The van der Waals surface area contributed by atoms with Crippen molar-refractivity contribution in [3.8, 4) is 0 Å². The van der Waals surface area contributed by atoms with Gasteiger partial charge in [-0.3, -0.25) is 13.8 Å². The molecular formula is C56H108N2O6P+. The fourth-order valence-electron chi connectivity index (χ4n) is 8.04. The third-order valence-corrected chi connectivity index (χ3v) is 13.3. The normalized spacial score (nSPS) is 14.4. The first kappa shape index (κ1) is 63.5. The Morgan fingerprint density at radius 1 is 0.538 bits per heavy atom. The van der Waals surface area contributed by atoms with Gasteiger partial charge in [-0.05, 0) is 51.4 Å². The summed E-state index contributed by atoms with van der Waals surface area (Å²) in [7, 11) is 1.59. The molecule has 0 bridgehead atoms. The molecule has 0 aromatic heterocycles. The summed E-state index contributed by atoms with van der Waals surface area (Å²) in [6.45, 7) is 4.76. The molecule has 0 fully saturated rings. The van der Waals surface area contributed by atoms with Gasteiger partial charge in [-0.15, -0.1) is 0 Å². The Bertz CT molecular complexity index is 1200. The summed E-state index contributed by atoms with van der Waals surface area (Å²) < 4.78 is 23.7. The maximum atomic E-state index is 12.9. The zero-order valence-corrected chi connectivity index (χ0v) is 44.4. The second-order valence-corrected chi connectivity index (χ2v) is 21.4. The van der Waals surface area contributed by atoms with Crippen LogP contribution in [0.3, 0.4) is 0 Å². The number of amides is 1. The third kappa shape index (κ3) is 50.2. The molecule has 8 nitrogen and oxygen atoms in total. The molecule has 0 rings (SSSR count). The molecule has 3 N–H and O–H groups in total. The maximum Gasteiger partial charge on any atom is 0.472 e. The Morgan fingerprint density at radius 2 is 0.923 bits per heavy atom. The Balaban J connectivity index is 4.14. The van der Waals surface area contributed by atoms with Crippen molar-refractivity contribution >= 4 is 13.7 Å². The number of rotatable bonds is 50. The van der Waals surface area contributed by atoms with Crippen LogP contribution in [0.25, 0.3) is 0 Å². The van der Waals surface area contributed by atoms with Gasteiger partial charge < -0.3 is 19.8 Å². The van der Waals surface area contributed by atoms with Crippen molar-refractivity contribution in [2.45, 2.75) is 264 Å². The number of carbonyl (C=O) groups is 1. The minimum atomic E-state index is -4.33. The lowest BCUT2D eigenvalue weighted by Gasteiger charge is -2.26. The molecule has 65 heavy (non-hydrogen) atoms. The van der Waals surface area contributed by atoms with Crippen LogP contribution >= 0.6 is 7.82 Å². The van der Waals surface area contributed by atoms with Crippen LogP contribution in [0.2, 0.25) is 0 Å². The number of nitrogens with one attached hydrogen (secondary N) is 1. The van der Waals surface area contributed by atoms with E-state index >= 15 is 0 Å². The Kier molecular flexibility index (Phi) is 46.4. The molecule has 0 aliphatic heterocycles. The average Bonchev–Trinajstić information content (AvgIpc) is 3.26. The van der Waals surface area contributed by atoms with Gasteiger partial charge in [-0.25, -0.2) is 4.57 Å². The van der Waals surface area contributed by atoms with Crippen LogP contribution in [0.1, 0.15) is 251 Å². The number of hydrogen-bond acceptors (Lipinski definition) is 5. The Hall–Kier alpha value is -1.54. The van der Waals surface area contributed by atoms with Gasteiger partial charge in [0.1, 0.15) is 13.2 Å². The van der Waals surface area contributed by atoms with Gasteiger partial charge in [0.15, 0.2) is 0 Å². The highest BCUT2D eigenvalue weighted by Crippen LogP contribution is 2.43. The predicted molar refractivity (Wildman–Crippen MR) is 281 cm³/mol. The first-order valence-electron chi connectivity index (χ1n) is 27.5. The van der Waals surface area contributed by atoms with Crippen LogP contribution < -0.4 is 5.32 Å². The number of phosphoric acid groups is 1. The van der Waals surface area contributed by atoms with Crippen LogP contribution in [0.4, 0.5) is 0 Å². The van der Waals surface area contributed by atoms with Gasteiger partial charge in [0, 0.05) is 6.42 Å². The van der Waals surface area contributed by atoms with Crippen molar-refractivity contribution in [3.63, 3.8) is 0 Å². The smallest absolute Gasteiger partial charge is 0.391 e. The zero-order chi connectivity index (χ0) is 47.8. The quantitative estimate of drug-likeness (QED) is 0.0243. The summed E-state index contributed by atoms with van der Waals surface area (Å²) >= 11 is 0. The molecule has 0 spiro atoms. The van der Waals surface area contributed by atoms with Gasteiger partial charge in [-0.1, -0.05) is 242 Å². The van der Waals surface area contributed by atoms with Crippen molar-refractivity contribution in [3.05, 3.63) is 48.6 Å². The topological polar surface area (TPSA) is 105 Å². The van der Waals surface area contributed by atoms with Crippen LogP contribution in [0.5, 0.6) is 0 Å². The third-order valence-electron chi connectivity index (χ3n) is 12.3. The molecule has 9 heteroatoms. The van der Waals surface area contributed by atoms with E-state index in [4.69, 9.17) is 9.05 Å². The van der Waals surface area contributed by atoms with Gasteiger partial charge in [0.25, 0.3) is 0 Å². The van der Waals surface area contributed by atoms with E-state index in [-0.39, 0.29) is 19.1 Å². The molecule has 0 saturated heterocycles. The molecule has 0 aromatic carbocycles. The molecule has 0 aliphatic rings. The molecule has 0 aromatic rings. The van der Waals surface area contributed by atoms with Crippen LogP contribution in [0, 0.1) is 0 Å².